The fourth-order valence-corrected chi connectivity index (χ4v) is 3.44. The molecule has 0 spiro atoms. The Bertz CT molecular complexity index is 832. The van der Waals surface area contributed by atoms with E-state index in [0.29, 0.717) is 53.0 Å². The Morgan fingerprint density at radius 3 is 2.37 bits per heavy atom. The number of anilines is 1. The summed E-state index contributed by atoms with van der Waals surface area (Å²) in [6, 6.07) is 12.2. The van der Waals surface area contributed by atoms with Crippen LogP contribution >= 0.6 is 23.2 Å². The number of hydrogen-bond donors (Lipinski definition) is 1. The second kappa shape index (κ2) is 8.63. The first kappa shape index (κ1) is 19.5. The number of carbonyl (C=O) groups is 2. The van der Waals surface area contributed by atoms with Gasteiger partial charge >= 0.3 is 0 Å². The van der Waals surface area contributed by atoms with Crippen LogP contribution in [0.5, 0.6) is 5.75 Å². The van der Waals surface area contributed by atoms with Gasteiger partial charge in [0, 0.05) is 24.6 Å². The number of benzene rings is 2. The van der Waals surface area contributed by atoms with Gasteiger partial charge < -0.3 is 15.0 Å². The Morgan fingerprint density at radius 1 is 1.07 bits per heavy atom. The standard InChI is InChI=1S/C20H20Cl2N2O3/c1-27-15-7-5-14(6-8-15)20(26)24-11-9-13(10-12-24)19(25)23-17-4-2-3-16(21)18(17)22/h2-8,13H,9-12H2,1H3,(H,23,25). The summed E-state index contributed by atoms with van der Waals surface area (Å²) >= 11 is 12.1. The molecule has 1 aliphatic rings. The zero-order chi connectivity index (χ0) is 19.4. The molecular weight excluding hydrogens is 387 g/mol. The van der Waals surface area contributed by atoms with Crippen LogP contribution in [0.15, 0.2) is 42.5 Å². The van der Waals surface area contributed by atoms with Gasteiger partial charge in [0.1, 0.15) is 5.75 Å². The molecule has 142 valence electrons. The molecule has 2 aromatic rings. The third kappa shape index (κ3) is 4.54. The van der Waals surface area contributed by atoms with Gasteiger partial charge in [-0.15, -0.1) is 0 Å². The Balaban J connectivity index is 1.57. The van der Waals surface area contributed by atoms with Crippen molar-refractivity contribution in [3.63, 3.8) is 0 Å². The maximum Gasteiger partial charge on any atom is 0.253 e. The van der Waals surface area contributed by atoms with Crippen LogP contribution in [-0.4, -0.2) is 36.9 Å². The fraction of sp³-hybridized carbons (Fsp3) is 0.300. The molecule has 2 aromatic carbocycles. The first-order chi connectivity index (χ1) is 13.0. The van der Waals surface area contributed by atoms with E-state index in [4.69, 9.17) is 27.9 Å². The van der Waals surface area contributed by atoms with Gasteiger partial charge in [-0.25, -0.2) is 0 Å². The first-order valence-electron chi connectivity index (χ1n) is 8.68. The molecule has 0 unspecified atom stereocenters. The lowest BCUT2D eigenvalue weighted by molar-refractivity contribution is -0.121. The van der Waals surface area contributed by atoms with E-state index in [1.165, 1.54) is 0 Å². The van der Waals surface area contributed by atoms with Gasteiger partial charge in [0.2, 0.25) is 5.91 Å². The van der Waals surface area contributed by atoms with Crippen molar-refractivity contribution in [2.75, 3.05) is 25.5 Å². The lowest BCUT2D eigenvalue weighted by atomic mass is 9.95. The van der Waals surface area contributed by atoms with Crippen molar-refractivity contribution in [2.45, 2.75) is 12.8 Å². The number of nitrogens with one attached hydrogen (secondary N) is 1. The molecule has 2 amide bonds. The minimum atomic E-state index is -0.167. The third-order valence-corrected chi connectivity index (χ3v) is 5.52. The number of ether oxygens (including phenoxy) is 1. The van der Waals surface area contributed by atoms with Crippen LogP contribution in [0.25, 0.3) is 0 Å². The number of piperidine rings is 1. The highest BCUT2D eigenvalue weighted by atomic mass is 35.5. The van der Waals surface area contributed by atoms with E-state index in [0.717, 1.165) is 0 Å². The molecule has 7 heteroatoms. The van der Waals surface area contributed by atoms with Gasteiger partial charge in [0.15, 0.2) is 0 Å². The number of halogens is 2. The number of amides is 2. The monoisotopic (exact) mass is 406 g/mol. The van der Waals surface area contributed by atoms with Gasteiger partial charge in [-0.3, -0.25) is 9.59 Å². The number of nitrogens with zero attached hydrogens (tertiary/aromatic N) is 1. The maximum atomic E-state index is 12.6. The normalized spacial score (nSPS) is 14.7. The van der Waals surface area contributed by atoms with E-state index in [9.17, 15) is 9.59 Å². The van der Waals surface area contributed by atoms with Crippen LogP contribution in [0, 0.1) is 5.92 Å². The lowest BCUT2D eigenvalue weighted by Gasteiger charge is -2.31. The molecule has 1 N–H and O–H groups in total. The molecule has 1 fully saturated rings. The summed E-state index contributed by atoms with van der Waals surface area (Å²) in [5, 5.41) is 3.57. The van der Waals surface area contributed by atoms with Crippen molar-refractivity contribution in [1.82, 2.24) is 4.90 Å². The molecule has 0 radical (unpaired) electrons. The summed E-state index contributed by atoms with van der Waals surface area (Å²) in [6.07, 6.45) is 1.21. The third-order valence-electron chi connectivity index (χ3n) is 4.70. The minimum Gasteiger partial charge on any atom is -0.497 e. The van der Waals surface area contributed by atoms with Crippen molar-refractivity contribution >= 4 is 40.7 Å². The molecule has 0 aliphatic carbocycles. The Hall–Kier alpha value is -2.24. The fourth-order valence-electron chi connectivity index (χ4n) is 3.10. The zero-order valence-electron chi connectivity index (χ0n) is 14.9. The average Bonchev–Trinajstić information content (AvgIpc) is 2.71. The first-order valence-corrected chi connectivity index (χ1v) is 9.43. The van der Waals surface area contributed by atoms with Crippen LogP contribution < -0.4 is 10.1 Å². The smallest absolute Gasteiger partial charge is 0.253 e. The van der Waals surface area contributed by atoms with E-state index in [1.54, 1.807) is 54.5 Å². The number of carbonyl (C=O) groups excluding carboxylic acids is 2. The predicted molar refractivity (Wildman–Crippen MR) is 107 cm³/mol. The summed E-state index contributed by atoms with van der Waals surface area (Å²) in [5.41, 5.74) is 1.12. The Labute approximate surface area is 168 Å². The van der Waals surface area contributed by atoms with Gasteiger partial charge in [0.05, 0.1) is 22.8 Å². The predicted octanol–water partition coefficient (Wildman–Crippen LogP) is 4.49. The molecule has 0 atom stereocenters. The summed E-state index contributed by atoms with van der Waals surface area (Å²) in [7, 11) is 1.59. The molecule has 0 bridgehead atoms. The van der Waals surface area contributed by atoms with Gasteiger partial charge in [-0.05, 0) is 49.2 Å². The van der Waals surface area contributed by atoms with Crippen molar-refractivity contribution in [3.8, 4) is 5.75 Å². The number of methoxy groups -OCH3 is 1. The Morgan fingerprint density at radius 2 is 1.74 bits per heavy atom. The topological polar surface area (TPSA) is 58.6 Å². The van der Waals surface area contributed by atoms with Crippen molar-refractivity contribution in [2.24, 2.45) is 5.92 Å². The van der Waals surface area contributed by atoms with E-state index in [1.807, 2.05) is 0 Å². The maximum absolute atomic E-state index is 12.6. The second-order valence-electron chi connectivity index (χ2n) is 6.39. The van der Waals surface area contributed by atoms with E-state index >= 15 is 0 Å². The van der Waals surface area contributed by atoms with Crippen molar-refractivity contribution in [1.29, 1.82) is 0 Å². The summed E-state index contributed by atoms with van der Waals surface area (Å²) in [6.45, 7) is 1.07. The molecule has 1 aliphatic heterocycles. The van der Waals surface area contributed by atoms with E-state index in [-0.39, 0.29) is 17.7 Å². The van der Waals surface area contributed by atoms with Crippen LogP contribution in [-0.2, 0) is 4.79 Å². The summed E-state index contributed by atoms with van der Waals surface area (Å²) in [5.74, 6) is 0.409. The summed E-state index contributed by atoms with van der Waals surface area (Å²) in [4.78, 5) is 26.9. The van der Waals surface area contributed by atoms with Gasteiger partial charge in [-0.1, -0.05) is 29.3 Å². The average molecular weight is 407 g/mol. The molecule has 27 heavy (non-hydrogen) atoms. The van der Waals surface area contributed by atoms with Crippen LogP contribution in [0.4, 0.5) is 5.69 Å². The number of likely N-dealkylation sites (tertiary alicyclic amines) is 1. The highest BCUT2D eigenvalue weighted by Gasteiger charge is 2.28. The zero-order valence-corrected chi connectivity index (χ0v) is 16.4. The SMILES string of the molecule is COc1ccc(C(=O)N2CCC(C(=O)Nc3cccc(Cl)c3Cl)CC2)cc1. The van der Waals surface area contributed by atoms with Crippen LogP contribution in [0.3, 0.4) is 0 Å². The highest BCUT2D eigenvalue weighted by molar-refractivity contribution is 6.44. The largest absolute Gasteiger partial charge is 0.497 e. The minimum absolute atomic E-state index is 0.0330. The molecule has 3 rings (SSSR count). The highest BCUT2D eigenvalue weighted by Crippen LogP contribution is 2.30. The van der Waals surface area contributed by atoms with Gasteiger partial charge in [-0.2, -0.15) is 0 Å². The molecule has 0 aromatic heterocycles. The quantitative estimate of drug-likeness (QED) is 0.813. The van der Waals surface area contributed by atoms with Crippen molar-refractivity contribution in [3.05, 3.63) is 58.1 Å². The second-order valence-corrected chi connectivity index (χ2v) is 7.17. The lowest BCUT2D eigenvalue weighted by Crippen LogP contribution is -2.41. The summed E-state index contributed by atoms with van der Waals surface area (Å²) < 4.78 is 5.11. The van der Waals surface area contributed by atoms with E-state index < -0.39 is 0 Å². The van der Waals surface area contributed by atoms with E-state index in [2.05, 4.69) is 5.32 Å². The molecule has 0 saturated carbocycles. The molecular formula is C20H20Cl2N2O3. The molecule has 1 saturated heterocycles. The Kier molecular flexibility index (Phi) is 6.24. The van der Waals surface area contributed by atoms with Gasteiger partial charge in [0.25, 0.3) is 5.91 Å². The van der Waals surface area contributed by atoms with Crippen molar-refractivity contribution < 1.29 is 14.3 Å². The molecule has 5 nitrogen and oxygen atoms in total. The number of hydrogen-bond acceptors (Lipinski definition) is 3. The molecule has 1 heterocycles. The van der Waals surface area contributed by atoms with Crippen LogP contribution in [0.1, 0.15) is 23.2 Å². The van der Waals surface area contributed by atoms with Crippen LogP contribution in [0.2, 0.25) is 10.0 Å². The number of rotatable bonds is 4.